The molecule has 0 unspecified atom stereocenters. The maximum Gasteiger partial charge on any atom is 0.337 e. The minimum atomic E-state index is -1.13. The van der Waals surface area contributed by atoms with Crippen molar-refractivity contribution in [2.24, 2.45) is 40.6 Å². The second-order valence-corrected chi connectivity index (χ2v) is 9.00. The van der Waals surface area contributed by atoms with Crippen molar-refractivity contribution in [3.05, 3.63) is 58.8 Å². The molecule has 2 heterocycles. The molecule has 156 valence electrons. The standard InChI is InChI=1S/C23H17ClN2O5/c24-17-5-1-10(7-16(17)23(29)30)18-6-2-11(31-18)9-25-26-21(27)19-12-3-4-13(15-8-14(12)15)20(19)22(26)28/h1-7,9,12-15,19-20H,8H2,(H,29,30)/t12-,13-,14-,15-,19+,20+/m0/s1. The molecule has 8 heteroatoms. The normalized spacial score (nSPS) is 32.6. The van der Waals surface area contributed by atoms with Crippen LogP contribution in [0.3, 0.4) is 0 Å². The predicted octanol–water partition coefficient (Wildman–Crippen LogP) is 3.69. The van der Waals surface area contributed by atoms with Gasteiger partial charge in [-0.15, -0.1) is 0 Å². The number of furan rings is 1. The summed E-state index contributed by atoms with van der Waals surface area (Å²) in [6, 6.07) is 7.89. The summed E-state index contributed by atoms with van der Waals surface area (Å²) >= 11 is 5.92. The van der Waals surface area contributed by atoms with Crippen molar-refractivity contribution in [1.82, 2.24) is 5.01 Å². The number of nitrogens with zero attached hydrogens (tertiary/aromatic N) is 2. The topological polar surface area (TPSA) is 100 Å². The highest BCUT2D eigenvalue weighted by molar-refractivity contribution is 6.33. The number of hydrogen-bond donors (Lipinski definition) is 1. The second kappa shape index (κ2) is 6.40. The summed E-state index contributed by atoms with van der Waals surface area (Å²) in [4.78, 5) is 37.2. The minimum absolute atomic E-state index is 0.0251. The Morgan fingerprint density at radius 1 is 1.10 bits per heavy atom. The van der Waals surface area contributed by atoms with E-state index in [4.69, 9.17) is 16.0 Å². The average molecular weight is 437 g/mol. The molecule has 1 aliphatic heterocycles. The van der Waals surface area contributed by atoms with E-state index in [0.29, 0.717) is 28.9 Å². The zero-order chi connectivity index (χ0) is 21.4. The largest absolute Gasteiger partial charge is 0.478 e. The van der Waals surface area contributed by atoms with Crippen molar-refractivity contribution in [2.75, 3.05) is 0 Å². The van der Waals surface area contributed by atoms with E-state index in [1.165, 1.54) is 18.3 Å². The smallest absolute Gasteiger partial charge is 0.337 e. The van der Waals surface area contributed by atoms with Gasteiger partial charge in [0, 0.05) is 5.56 Å². The summed E-state index contributed by atoms with van der Waals surface area (Å²) in [6.45, 7) is 0. The van der Waals surface area contributed by atoms with E-state index in [1.807, 2.05) is 0 Å². The molecule has 0 spiro atoms. The fourth-order valence-electron chi connectivity index (χ4n) is 5.59. The zero-order valence-corrected chi connectivity index (χ0v) is 16.9. The number of benzene rings is 1. The summed E-state index contributed by atoms with van der Waals surface area (Å²) in [6.07, 6.45) is 6.70. The van der Waals surface area contributed by atoms with Gasteiger partial charge in [-0.2, -0.15) is 10.1 Å². The average Bonchev–Trinajstić information content (AvgIpc) is 3.39. The number of hydrazone groups is 1. The molecule has 2 amide bonds. The molecule has 2 aromatic rings. The quantitative estimate of drug-likeness (QED) is 0.447. The van der Waals surface area contributed by atoms with E-state index >= 15 is 0 Å². The van der Waals surface area contributed by atoms with Gasteiger partial charge in [0.05, 0.1) is 28.6 Å². The molecule has 31 heavy (non-hydrogen) atoms. The van der Waals surface area contributed by atoms with Crippen molar-refractivity contribution in [1.29, 1.82) is 0 Å². The third-order valence-electron chi connectivity index (χ3n) is 7.05. The van der Waals surface area contributed by atoms with E-state index in [2.05, 4.69) is 17.3 Å². The Kier molecular flexibility index (Phi) is 3.84. The van der Waals surface area contributed by atoms with Crippen LogP contribution in [-0.2, 0) is 9.59 Å². The van der Waals surface area contributed by atoms with Crippen LogP contribution in [-0.4, -0.2) is 34.1 Å². The lowest BCUT2D eigenvalue weighted by molar-refractivity contribution is -0.140. The van der Waals surface area contributed by atoms with Gasteiger partial charge < -0.3 is 9.52 Å². The number of carboxylic acid groups (broad SMARTS) is 1. The lowest BCUT2D eigenvalue weighted by atomic mass is 9.63. The van der Waals surface area contributed by atoms with Gasteiger partial charge in [0.1, 0.15) is 11.5 Å². The van der Waals surface area contributed by atoms with Crippen LogP contribution in [0.25, 0.3) is 11.3 Å². The first-order valence-corrected chi connectivity index (χ1v) is 10.5. The predicted molar refractivity (Wildman–Crippen MR) is 110 cm³/mol. The zero-order valence-electron chi connectivity index (χ0n) is 16.1. The SMILES string of the molecule is O=C(O)c1cc(-c2ccc(C=NN3C(=O)[C@@H]4[C@H]5C=C[C@@H]([C@@H]6C[C@@H]56)[C@H]4C3=O)o2)ccc1Cl. The van der Waals surface area contributed by atoms with Gasteiger partial charge in [-0.3, -0.25) is 9.59 Å². The fourth-order valence-corrected chi connectivity index (χ4v) is 5.79. The van der Waals surface area contributed by atoms with Crippen molar-refractivity contribution in [2.45, 2.75) is 6.42 Å². The first-order valence-electron chi connectivity index (χ1n) is 10.2. The number of hydrogen-bond acceptors (Lipinski definition) is 5. The van der Waals surface area contributed by atoms with Crippen molar-refractivity contribution in [3.63, 3.8) is 0 Å². The van der Waals surface area contributed by atoms with Crippen LogP contribution >= 0.6 is 11.6 Å². The highest BCUT2D eigenvalue weighted by Gasteiger charge is 2.67. The van der Waals surface area contributed by atoms with Crippen LogP contribution in [0.5, 0.6) is 0 Å². The Morgan fingerprint density at radius 3 is 2.42 bits per heavy atom. The van der Waals surface area contributed by atoms with Gasteiger partial charge in [-0.25, -0.2) is 4.79 Å². The number of aromatic carboxylic acids is 1. The Labute approximate surface area is 182 Å². The van der Waals surface area contributed by atoms with E-state index in [9.17, 15) is 19.5 Å². The monoisotopic (exact) mass is 436 g/mol. The van der Waals surface area contributed by atoms with Gasteiger partial charge in [-0.05, 0) is 60.4 Å². The highest BCUT2D eigenvalue weighted by Crippen LogP contribution is 2.65. The lowest BCUT2D eigenvalue weighted by Crippen LogP contribution is -2.40. The van der Waals surface area contributed by atoms with Crippen LogP contribution in [0, 0.1) is 35.5 Å². The molecule has 1 N–H and O–H groups in total. The van der Waals surface area contributed by atoms with Gasteiger partial charge in [0.15, 0.2) is 0 Å². The summed E-state index contributed by atoms with van der Waals surface area (Å²) in [5.74, 6) is -0.0124. The Morgan fingerprint density at radius 2 is 1.77 bits per heavy atom. The summed E-state index contributed by atoms with van der Waals surface area (Å²) in [7, 11) is 0. The number of rotatable bonds is 4. The number of halogens is 1. The maximum absolute atomic E-state index is 12.9. The molecule has 0 radical (unpaired) electrons. The van der Waals surface area contributed by atoms with Gasteiger partial charge >= 0.3 is 5.97 Å². The Hall–Kier alpha value is -3.19. The molecule has 2 saturated carbocycles. The fraction of sp³-hybridized carbons (Fsp3) is 0.304. The highest BCUT2D eigenvalue weighted by atomic mass is 35.5. The Bertz CT molecular complexity index is 1180. The van der Waals surface area contributed by atoms with E-state index in [0.717, 1.165) is 11.4 Å². The summed E-state index contributed by atoms with van der Waals surface area (Å²) < 4.78 is 5.73. The molecule has 5 aliphatic rings. The molecule has 1 aromatic heterocycles. The maximum atomic E-state index is 12.9. The third kappa shape index (κ3) is 2.66. The molecular weight excluding hydrogens is 420 g/mol. The number of imide groups is 1. The molecule has 4 aliphatic carbocycles. The molecular formula is C23H17ClN2O5. The first kappa shape index (κ1) is 18.6. The van der Waals surface area contributed by atoms with Crippen LogP contribution in [0.4, 0.5) is 0 Å². The second-order valence-electron chi connectivity index (χ2n) is 8.59. The van der Waals surface area contributed by atoms with E-state index in [-0.39, 0.29) is 46.1 Å². The Balaban J connectivity index is 1.24. The molecule has 7 rings (SSSR count). The van der Waals surface area contributed by atoms with Crippen molar-refractivity contribution in [3.8, 4) is 11.3 Å². The molecule has 1 aromatic carbocycles. The molecule has 1 saturated heterocycles. The van der Waals surface area contributed by atoms with Gasteiger partial charge in [-0.1, -0.05) is 23.8 Å². The summed E-state index contributed by atoms with van der Waals surface area (Å²) in [5, 5.41) is 14.5. The number of carbonyl (C=O) groups excluding carboxylic acids is 2. The number of carboxylic acids is 1. The van der Waals surface area contributed by atoms with Crippen LogP contribution in [0.15, 0.2) is 52.0 Å². The molecule has 2 bridgehead atoms. The first-order chi connectivity index (χ1) is 14.9. The number of allylic oxidation sites excluding steroid dienone is 2. The van der Waals surface area contributed by atoms with Crippen LogP contribution < -0.4 is 0 Å². The minimum Gasteiger partial charge on any atom is -0.478 e. The van der Waals surface area contributed by atoms with Crippen LogP contribution in [0.1, 0.15) is 22.5 Å². The van der Waals surface area contributed by atoms with Gasteiger partial charge in [0.25, 0.3) is 11.8 Å². The van der Waals surface area contributed by atoms with Gasteiger partial charge in [0.2, 0.25) is 0 Å². The molecule has 7 nitrogen and oxygen atoms in total. The van der Waals surface area contributed by atoms with E-state index < -0.39 is 5.97 Å². The lowest BCUT2D eigenvalue weighted by Gasteiger charge is -2.37. The van der Waals surface area contributed by atoms with E-state index in [1.54, 1.807) is 18.2 Å². The number of carbonyl (C=O) groups is 3. The summed E-state index contributed by atoms with van der Waals surface area (Å²) in [5.41, 5.74) is 0.519. The van der Waals surface area contributed by atoms with Crippen molar-refractivity contribution >= 4 is 35.6 Å². The third-order valence-corrected chi connectivity index (χ3v) is 7.38. The molecule has 6 atom stereocenters. The molecule has 3 fully saturated rings. The number of amides is 2. The van der Waals surface area contributed by atoms with Crippen molar-refractivity contribution < 1.29 is 23.9 Å². The van der Waals surface area contributed by atoms with Crippen LogP contribution in [0.2, 0.25) is 5.02 Å².